The van der Waals surface area contributed by atoms with Crippen molar-refractivity contribution in [1.82, 2.24) is 5.32 Å². The van der Waals surface area contributed by atoms with Crippen LogP contribution in [-0.4, -0.2) is 110 Å². The van der Waals surface area contributed by atoms with Crippen LogP contribution in [0.3, 0.4) is 0 Å². The van der Waals surface area contributed by atoms with E-state index in [9.17, 15) is 40.5 Å². The highest BCUT2D eigenvalue weighted by atomic mass is 16.7. The Hall–Kier alpha value is -1.41. The van der Waals surface area contributed by atoms with Crippen LogP contribution in [0.4, 0.5) is 0 Å². The number of aliphatic hydroxyl groups is 7. The van der Waals surface area contributed by atoms with E-state index >= 15 is 0 Å². The summed E-state index contributed by atoms with van der Waals surface area (Å²) >= 11 is 0. The van der Waals surface area contributed by atoms with Crippen LogP contribution < -0.4 is 5.32 Å². The van der Waals surface area contributed by atoms with Gasteiger partial charge in [0, 0.05) is 0 Å². The maximum absolute atomic E-state index is 13.2. The number of unbranched alkanes of at least 4 members (excludes halogenated alkanes) is 32. The summed E-state index contributed by atoms with van der Waals surface area (Å²) in [4.78, 5) is 13.2. The van der Waals surface area contributed by atoms with E-state index in [0.29, 0.717) is 19.3 Å². The molecular formula is C56H107NO10. The molecule has 396 valence electrons. The molecule has 8 N–H and O–H groups in total. The summed E-state index contributed by atoms with van der Waals surface area (Å²) in [5, 5.41) is 76.0. The van der Waals surface area contributed by atoms with Gasteiger partial charge in [-0.15, -0.1) is 0 Å². The first-order valence-corrected chi connectivity index (χ1v) is 28.2. The summed E-state index contributed by atoms with van der Waals surface area (Å²) < 4.78 is 11.1. The van der Waals surface area contributed by atoms with Gasteiger partial charge < -0.3 is 50.5 Å². The van der Waals surface area contributed by atoms with Crippen LogP contribution in [-0.2, 0) is 14.3 Å². The molecule has 0 saturated carbocycles. The van der Waals surface area contributed by atoms with Crippen LogP contribution in [0.25, 0.3) is 0 Å². The number of hydrogen-bond acceptors (Lipinski definition) is 10. The summed E-state index contributed by atoms with van der Waals surface area (Å²) in [7, 11) is 0. The van der Waals surface area contributed by atoms with Gasteiger partial charge in [0.2, 0.25) is 5.91 Å². The summed E-state index contributed by atoms with van der Waals surface area (Å²) in [6, 6.07) is -1.19. The molecule has 1 amide bonds. The van der Waals surface area contributed by atoms with Crippen molar-refractivity contribution in [3.63, 3.8) is 0 Å². The SMILES string of the molecule is CCCCCCCCCC/C=C/CC/C=C/CCCC(O)C(O)C(COC1OC(CO)C(O)C(O)C1O)NC(=O)C(O)CCCCCCCCCCCCCCCCCCCCCCCCC. The Morgan fingerprint density at radius 3 is 1.33 bits per heavy atom. The van der Waals surface area contributed by atoms with Crippen LogP contribution in [0.1, 0.15) is 258 Å². The van der Waals surface area contributed by atoms with Crippen LogP contribution in [0, 0.1) is 0 Å². The lowest BCUT2D eigenvalue weighted by Crippen LogP contribution is -2.60. The van der Waals surface area contributed by atoms with Gasteiger partial charge in [-0.2, -0.15) is 0 Å². The second-order valence-corrected chi connectivity index (χ2v) is 20.0. The number of allylic oxidation sites excluding steroid dienone is 4. The number of carbonyl (C=O) groups excluding carboxylic acids is 1. The third-order valence-corrected chi connectivity index (χ3v) is 13.7. The van der Waals surface area contributed by atoms with Gasteiger partial charge in [-0.3, -0.25) is 4.79 Å². The molecule has 0 aromatic rings. The van der Waals surface area contributed by atoms with Gasteiger partial charge in [0.15, 0.2) is 6.29 Å². The highest BCUT2D eigenvalue weighted by Crippen LogP contribution is 2.23. The predicted octanol–water partition coefficient (Wildman–Crippen LogP) is 11.3. The Morgan fingerprint density at radius 2 is 0.896 bits per heavy atom. The van der Waals surface area contributed by atoms with Gasteiger partial charge >= 0.3 is 0 Å². The molecule has 1 saturated heterocycles. The Kier molecular flexibility index (Phi) is 43.4. The molecule has 1 fully saturated rings. The van der Waals surface area contributed by atoms with Gasteiger partial charge in [-0.25, -0.2) is 0 Å². The van der Waals surface area contributed by atoms with Crippen LogP contribution in [0.15, 0.2) is 24.3 Å². The average Bonchev–Trinajstić information content (AvgIpc) is 3.33. The number of aliphatic hydroxyl groups excluding tert-OH is 7. The van der Waals surface area contributed by atoms with Crippen molar-refractivity contribution < 1.29 is 50.0 Å². The minimum absolute atomic E-state index is 0.249. The molecule has 11 heteroatoms. The molecule has 0 bridgehead atoms. The molecule has 1 rings (SSSR count). The molecule has 11 nitrogen and oxygen atoms in total. The first-order chi connectivity index (χ1) is 32.7. The van der Waals surface area contributed by atoms with E-state index in [1.54, 1.807) is 0 Å². The van der Waals surface area contributed by atoms with Crippen molar-refractivity contribution in [1.29, 1.82) is 0 Å². The molecule has 0 aliphatic carbocycles. The van der Waals surface area contributed by atoms with Gasteiger partial charge in [-0.1, -0.05) is 231 Å². The zero-order chi connectivity index (χ0) is 49.0. The fourth-order valence-electron chi connectivity index (χ4n) is 9.11. The number of ether oxygens (including phenoxy) is 2. The highest BCUT2D eigenvalue weighted by Gasteiger charge is 2.44. The van der Waals surface area contributed by atoms with Crippen molar-refractivity contribution >= 4 is 5.91 Å². The van der Waals surface area contributed by atoms with E-state index in [1.807, 2.05) is 0 Å². The summed E-state index contributed by atoms with van der Waals surface area (Å²) in [6.07, 6.45) is 42.3. The van der Waals surface area contributed by atoms with E-state index in [4.69, 9.17) is 9.47 Å². The Morgan fingerprint density at radius 1 is 0.507 bits per heavy atom. The second kappa shape index (κ2) is 45.7. The van der Waals surface area contributed by atoms with Gasteiger partial charge in [0.05, 0.1) is 25.4 Å². The van der Waals surface area contributed by atoms with E-state index in [1.165, 1.54) is 173 Å². The normalized spacial score (nSPS) is 20.8. The standard InChI is InChI=1S/C56H107NO10/c1-3-5-7-9-11-13-15-17-19-21-22-23-24-25-26-28-30-32-34-36-38-40-42-44-49(60)55(65)57-47(46-66-56-54(64)53(63)52(62)50(45-58)67-56)51(61)48(59)43-41-39-37-35-33-31-29-27-20-18-16-14-12-10-8-6-4-2/h27,29,35,37,47-54,56,58-64H,3-26,28,30-34,36,38-46H2,1-2H3,(H,57,65)/b29-27+,37-35+. The van der Waals surface area contributed by atoms with Crippen LogP contribution in [0.2, 0.25) is 0 Å². The molecule has 1 heterocycles. The average molecular weight is 954 g/mol. The van der Waals surface area contributed by atoms with Crippen molar-refractivity contribution in [2.75, 3.05) is 13.2 Å². The number of rotatable bonds is 48. The van der Waals surface area contributed by atoms with Crippen LogP contribution in [0.5, 0.6) is 0 Å². The fourth-order valence-corrected chi connectivity index (χ4v) is 9.11. The first-order valence-electron chi connectivity index (χ1n) is 28.2. The third-order valence-electron chi connectivity index (χ3n) is 13.7. The number of amides is 1. The third kappa shape index (κ3) is 34.5. The second-order valence-electron chi connectivity index (χ2n) is 20.0. The molecule has 67 heavy (non-hydrogen) atoms. The molecule has 0 radical (unpaired) electrons. The molecule has 0 spiro atoms. The largest absolute Gasteiger partial charge is 0.394 e. The molecule has 9 atom stereocenters. The highest BCUT2D eigenvalue weighted by molar-refractivity contribution is 5.80. The lowest BCUT2D eigenvalue weighted by Gasteiger charge is -2.40. The van der Waals surface area contributed by atoms with Crippen molar-refractivity contribution in [2.24, 2.45) is 0 Å². The zero-order valence-corrected chi connectivity index (χ0v) is 43.1. The van der Waals surface area contributed by atoms with Crippen molar-refractivity contribution in [3.05, 3.63) is 24.3 Å². The van der Waals surface area contributed by atoms with Crippen LogP contribution >= 0.6 is 0 Å². The zero-order valence-electron chi connectivity index (χ0n) is 43.1. The van der Waals surface area contributed by atoms with Crippen molar-refractivity contribution in [2.45, 2.75) is 313 Å². The molecule has 0 aromatic carbocycles. The fraction of sp³-hybridized carbons (Fsp3) is 0.911. The summed E-state index contributed by atoms with van der Waals surface area (Å²) in [5.41, 5.74) is 0. The van der Waals surface area contributed by atoms with E-state index in [0.717, 1.165) is 38.5 Å². The topological polar surface area (TPSA) is 189 Å². The van der Waals surface area contributed by atoms with E-state index < -0.39 is 74.2 Å². The Bertz CT molecular complexity index is 1140. The predicted molar refractivity (Wildman–Crippen MR) is 275 cm³/mol. The molecule has 0 aromatic heterocycles. The lowest BCUT2D eigenvalue weighted by atomic mass is 9.98. The molecule has 1 aliphatic rings. The maximum atomic E-state index is 13.2. The number of nitrogens with one attached hydrogen (secondary N) is 1. The first kappa shape index (κ1) is 63.6. The lowest BCUT2D eigenvalue weighted by molar-refractivity contribution is -0.303. The summed E-state index contributed by atoms with van der Waals surface area (Å²) in [6.45, 7) is 3.45. The van der Waals surface area contributed by atoms with Gasteiger partial charge in [0.1, 0.15) is 36.6 Å². The van der Waals surface area contributed by atoms with E-state index in [2.05, 4.69) is 43.5 Å². The minimum atomic E-state index is -1.67. The molecule has 1 aliphatic heterocycles. The minimum Gasteiger partial charge on any atom is -0.394 e. The van der Waals surface area contributed by atoms with Crippen molar-refractivity contribution in [3.8, 4) is 0 Å². The maximum Gasteiger partial charge on any atom is 0.249 e. The Labute approximate surface area is 410 Å². The van der Waals surface area contributed by atoms with E-state index in [-0.39, 0.29) is 12.8 Å². The quantitative estimate of drug-likeness (QED) is 0.0215. The molecular weight excluding hydrogens is 847 g/mol. The molecule has 9 unspecified atom stereocenters. The summed E-state index contributed by atoms with van der Waals surface area (Å²) in [5.74, 6) is -0.706. The number of carbonyl (C=O) groups is 1. The Balaban J connectivity index is 2.34. The monoisotopic (exact) mass is 954 g/mol. The smallest absolute Gasteiger partial charge is 0.249 e. The van der Waals surface area contributed by atoms with Gasteiger partial charge in [0.25, 0.3) is 0 Å². The van der Waals surface area contributed by atoms with Gasteiger partial charge in [-0.05, 0) is 51.4 Å². The number of hydrogen-bond donors (Lipinski definition) is 8.